The molecule has 3 rings (SSSR count). The number of rotatable bonds is 6. The van der Waals surface area contributed by atoms with Gasteiger partial charge in [-0.3, -0.25) is 25.2 Å². The van der Waals surface area contributed by atoms with Gasteiger partial charge in [0.2, 0.25) is 21.8 Å². The lowest BCUT2D eigenvalue weighted by atomic mass is 9.76. The maximum Gasteiger partial charge on any atom is 0.241 e. The third-order valence-corrected chi connectivity index (χ3v) is 8.83. The molecule has 3 aliphatic rings. The molecule has 4 N–H and O–H groups in total. The number of nitrogens with one attached hydrogen (secondary N) is 4. The maximum absolute atomic E-state index is 14.8. The number of amides is 2. The van der Waals surface area contributed by atoms with Gasteiger partial charge in [-0.15, -0.1) is 16.4 Å². The standard InChI is InChI=1S/C19H33ClFN5O4S/c1-11(27)23-15-5-3-4-6-17(15)31(29,30)25-24-19(28)13-7-12(8-14(20)18(13)21)16-9-26(2)10-22-16/h12-18,22,25H,3-10H2,1-2H3,(H,23,27)(H,24,28). The van der Waals surface area contributed by atoms with Crippen molar-refractivity contribution in [2.45, 2.75) is 74.3 Å². The van der Waals surface area contributed by atoms with Crippen LogP contribution in [0.2, 0.25) is 0 Å². The van der Waals surface area contributed by atoms with Gasteiger partial charge in [0.15, 0.2) is 0 Å². The normalized spacial score (nSPS) is 37.4. The third-order valence-electron chi connectivity index (χ3n) is 6.66. The fourth-order valence-corrected chi connectivity index (χ4v) is 6.95. The van der Waals surface area contributed by atoms with Crippen LogP contribution in [-0.4, -0.2) is 74.3 Å². The van der Waals surface area contributed by atoms with E-state index in [0.717, 1.165) is 19.6 Å². The lowest BCUT2D eigenvalue weighted by Gasteiger charge is -2.37. The van der Waals surface area contributed by atoms with Crippen LogP contribution in [-0.2, 0) is 19.6 Å². The summed E-state index contributed by atoms with van der Waals surface area (Å²) in [5, 5.41) is 4.38. The molecule has 2 saturated carbocycles. The van der Waals surface area contributed by atoms with Gasteiger partial charge in [-0.25, -0.2) is 12.8 Å². The molecule has 0 aromatic carbocycles. The van der Waals surface area contributed by atoms with Crippen molar-refractivity contribution in [2.24, 2.45) is 11.8 Å². The Hall–Kier alpha value is -1.01. The Labute approximate surface area is 188 Å². The number of hydrazine groups is 1. The van der Waals surface area contributed by atoms with Crippen LogP contribution in [0.4, 0.5) is 4.39 Å². The van der Waals surface area contributed by atoms with E-state index in [4.69, 9.17) is 11.6 Å². The molecule has 7 unspecified atom stereocenters. The van der Waals surface area contributed by atoms with E-state index >= 15 is 0 Å². The van der Waals surface area contributed by atoms with E-state index in [1.54, 1.807) is 0 Å². The van der Waals surface area contributed by atoms with Gasteiger partial charge in [0.05, 0.1) is 16.5 Å². The molecule has 0 aromatic heterocycles. The molecule has 1 heterocycles. The van der Waals surface area contributed by atoms with Gasteiger partial charge in [-0.05, 0) is 38.6 Å². The summed E-state index contributed by atoms with van der Waals surface area (Å²) < 4.78 is 40.4. The third kappa shape index (κ3) is 6.07. The molecule has 1 saturated heterocycles. The molecule has 31 heavy (non-hydrogen) atoms. The van der Waals surface area contributed by atoms with Crippen LogP contribution in [0.25, 0.3) is 0 Å². The number of sulfonamides is 1. The van der Waals surface area contributed by atoms with Crippen molar-refractivity contribution in [3.63, 3.8) is 0 Å². The molecule has 2 aliphatic carbocycles. The first kappa shape index (κ1) is 24.6. The minimum Gasteiger partial charge on any atom is -0.352 e. The van der Waals surface area contributed by atoms with Crippen molar-refractivity contribution in [1.82, 2.24) is 25.8 Å². The van der Waals surface area contributed by atoms with Crippen LogP contribution in [0.3, 0.4) is 0 Å². The summed E-state index contributed by atoms with van der Waals surface area (Å²) in [7, 11) is -1.97. The van der Waals surface area contributed by atoms with Crippen LogP contribution >= 0.6 is 11.6 Å². The summed E-state index contributed by atoms with van der Waals surface area (Å²) in [6, 6.07) is -0.405. The number of likely N-dealkylation sites (N-methyl/N-ethyl adjacent to an activating group) is 1. The molecule has 0 radical (unpaired) electrons. The van der Waals surface area contributed by atoms with Crippen LogP contribution < -0.4 is 20.9 Å². The summed E-state index contributed by atoms with van der Waals surface area (Å²) in [5.74, 6) is -2.03. The molecule has 3 fully saturated rings. The Balaban J connectivity index is 1.61. The molecule has 1 aliphatic heterocycles. The van der Waals surface area contributed by atoms with Gasteiger partial charge < -0.3 is 5.32 Å². The van der Waals surface area contributed by atoms with E-state index in [-0.39, 0.29) is 17.9 Å². The van der Waals surface area contributed by atoms with Crippen LogP contribution in [0.15, 0.2) is 0 Å². The number of alkyl halides is 2. The van der Waals surface area contributed by atoms with Crippen LogP contribution in [0, 0.1) is 11.8 Å². The zero-order valence-corrected chi connectivity index (χ0v) is 19.5. The highest BCUT2D eigenvalue weighted by atomic mass is 35.5. The van der Waals surface area contributed by atoms with Crippen molar-refractivity contribution in [3.05, 3.63) is 0 Å². The largest absolute Gasteiger partial charge is 0.352 e. The molecule has 0 spiro atoms. The summed E-state index contributed by atoms with van der Waals surface area (Å²) in [5.41, 5.74) is 2.22. The number of carbonyl (C=O) groups excluding carboxylic acids is 2. The Bertz CT molecular complexity index is 772. The summed E-state index contributed by atoms with van der Waals surface area (Å²) in [6.45, 7) is 2.85. The monoisotopic (exact) mass is 481 g/mol. The minimum absolute atomic E-state index is 0.0225. The van der Waals surface area contributed by atoms with E-state index in [2.05, 4.69) is 25.8 Å². The highest BCUT2D eigenvalue weighted by molar-refractivity contribution is 7.90. The molecule has 12 heteroatoms. The van der Waals surface area contributed by atoms with E-state index in [9.17, 15) is 22.4 Å². The van der Waals surface area contributed by atoms with Crippen molar-refractivity contribution < 1.29 is 22.4 Å². The maximum atomic E-state index is 14.8. The van der Waals surface area contributed by atoms with Crippen LogP contribution in [0.5, 0.6) is 0 Å². The summed E-state index contributed by atoms with van der Waals surface area (Å²) in [6.07, 6.45) is 1.65. The average molecular weight is 482 g/mol. The molecular formula is C19H33ClFN5O4S. The van der Waals surface area contributed by atoms with E-state index in [0.29, 0.717) is 32.1 Å². The van der Waals surface area contributed by atoms with E-state index in [1.807, 2.05) is 7.05 Å². The van der Waals surface area contributed by atoms with E-state index in [1.165, 1.54) is 6.92 Å². The van der Waals surface area contributed by atoms with Crippen molar-refractivity contribution in [1.29, 1.82) is 0 Å². The first-order chi connectivity index (χ1) is 14.6. The second-order valence-corrected chi connectivity index (χ2v) is 11.5. The summed E-state index contributed by atoms with van der Waals surface area (Å²) >= 11 is 6.22. The smallest absolute Gasteiger partial charge is 0.241 e. The molecule has 2 amide bonds. The highest BCUT2D eigenvalue weighted by Crippen LogP contribution is 2.37. The molecule has 0 aromatic rings. The molecule has 7 atom stereocenters. The van der Waals surface area contributed by atoms with Crippen molar-refractivity contribution in [3.8, 4) is 0 Å². The van der Waals surface area contributed by atoms with Gasteiger partial charge in [0.25, 0.3) is 0 Å². The molecular weight excluding hydrogens is 449 g/mol. The Morgan fingerprint density at radius 1 is 1.19 bits per heavy atom. The van der Waals surface area contributed by atoms with Gasteiger partial charge in [0, 0.05) is 32.2 Å². The average Bonchev–Trinajstić information content (AvgIpc) is 3.14. The molecule has 0 bridgehead atoms. The number of carbonyl (C=O) groups is 2. The van der Waals surface area contributed by atoms with E-state index < -0.39 is 44.7 Å². The SMILES string of the molecule is CC(=O)NC1CCCCC1S(=O)(=O)NNC(=O)C1CC(C2CN(C)CN2)CC(Cl)C1F. The first-order valence-corrected chi connectivity index (χ1v) is 12.8. The second kappa shape index (κ2) is 10.3. The quantitative estimate of drug-likeness (QED) is 0.318. The zero-order chi connectivity index (χ0) is 22.8. The fourth-order valence-electron chi connectivity index (χ4n) is 5.04. The predicted molar refractivity (Wildman–Crippen MR) is 115 cm³/mol. The highest BCUT2D eigenvalue weighted by Gasteiger charge is 2.45. The lowest BCUT2D eigenvalue weighted by Crippen LogP contribution is -2.57. The Kier molecular flexibility index (Phi) is 8.17. The van der Waals surface area contributed by atoms with Crippen molar-refractivity contribution in [2.75, 3.05) is 20.3 Å². The minimum atomic E-state index is -3.95. The van der Waals surface area contributed by atoms with Gasteiger partial charge in [0.1, 0.15) is 6.17 Å². The van der Waals surface area contributed by atoms with Crippen molar-refractivity contribution >= 4 is 33.4 Å². The topological polar surface area (TPSA) is 120 Å². The molecule has 178 valence electrons. The first-order valence-electron chi connectivity index (χ1n) is 10.9. The van der Waals surface area contributed by atoms with Gasteiger partial charge >= 0.3 is 0 Å². The van der Waals surface area contributed by atoms with Gasteiger partial charge in [-0.1, -0.05) is 12.8 Å². The fraction of sp³-hybridized carbons (Fsp3) is 0.895. The number of hydrogen-bond donors (Lipinski definition) is 4. The number of hydrogen-bond acceptors (Lipinski definition) is 6. The van der Waals surface area contributed by atoms with Crippen LogP contribution in [0.1, 0.15) is 45.4 Å². The zero-order valence-electron chi connectivity index (χ0n) is 17.9. The predicted octanol–water partition coefficient (Wildman–Crippen LogP) is 0.217. The van der Waals surface area contributed by atoms with Gasteiger partial charge in [-0.2, -0.15) is 0 Å². The Morgan fingerprint density at radius 3 is 2.55 bits per heavy atom. The molecule has 9 nitrogen and oxygen atoms in total. The number of halogens is 2. The second-order valence-electron chi connectivity index (χ2n) is 9.07. The lowest BCUT2D eigenvalue weighted by molar-refractivity contribution is -0.129. The number of nitrogens with zero attached hydrogens (tertiary/aromatic N) is 1. The summed E-state index contributed by atoms with van der Waals surface area (Å²) in [4.78, 5) is 28.4. The Morgan fingerprint density at radius 2 is 1.90 bits per heavy atom.